The lowest BCUT2D eigenvalue weighted by molar-refractivity contribution is -0.109. The molecule has 0 aliphatic heterocycles. The second kappa shape index (κ2) is 4.52. The smallest absolute Gasteiger partial charge is 0.186 e. The molecule has 0 radical (unpaired) electrons. The standard InChI is InChI=1S/C12H20OS/c1-9(2)11-5-7-12(4,8-6-11)14-10(3)13/h11H,1,5-8H2,2-4H3. The average Bonchev–Trinajstić information content (AvgIpc) is 2.02. The lowest BCUT2D eigenvalue weighted by Gasteiger charge is -2.36. The minimum absolute atomic E-state index is 0.192. The molecule has 1 aliphatic rings. The predicted octanol–water partition coefficient (Wildman–Crippen LogP) is 3.79. The summed E-state index contributed by atoms with van der Waals surface area (Å²) in [6, 6.07) is 0. The third kappa shape index (κ3) is 3.16. The van der Waals surface area contributed by atoms with E-state index in [9.17, 15) is 4.79 Å². The van der Waals surface area contributed by atoms with E-state index in [2.05, 4.69) is 20.4 Å². The van der Waals surface area contributed by atoms with Gasteiger partial charge in [0.15, 0.2) is 5.12 Å². The number of carbonyl (C=O) groups excluding carboxylic acids is 1. The molecule has 1 nitrogen and oxygen atoms in total. The molecule has 0 unspecified atom stereocenters. The van der Waals surface area contributed by atoms with Crippen LogP contribution >= 0.6 is 11.8 Å². The molecule has 0 heterocycles. The molecule has 0 atom stereocenters. The average molecular weight is 212 g/mol. The molecule has 14 heavy (non-hydrogen) atoms. The number of hydrogen-bond acceptors (Lipinski definition) is 2. The van der Waals surface area contributed by atoms with Crippen LogP contribution in [0.1, 0.15) is 46.5 Å². The van der Waals surface area contributed by atoms with Crippen molar-refractivity contribution < 1.29 is 4.79 Å². The van der Waals surface area contributed by atoms with E-state index < -0.39 is 0 Å². The fourth-order valence-electron chi connectivity index (χ4n) is 2.17. The van der Waals surface area contributed by atoms with Crippen LogP contribution in [-0.4, -0.2) is 9.86 Å². The van der Waals surface area contributed by atoms with Crippen molar-refractivity contribution in [3.8, 4) is 0 Å². The highest BCUT2D eigenvalue weighted by Crippen LogP contribution is 2.43. The van der Waals surface area contributed by atoms with E-state index in [1.54, 1.807) is 6.92 Å². The van der Waals surface area contributed by atoms with Gasteiger partial charge in [0, 0.05) is 11.7 Å². The summed E-state index contributed by atoms with van der Waals surface area (Å²) in [6.07, 6.45) is 4.70. The van der Waals surface area contributed by atoms with Gasteiger partial charge in [-0.3, -0.25) is 4.79 Å². The number of carbonyl (C=O) groups is 1. The van der Waals surface area contributed by atoms with E-state index in [-0.39, 0.29) is 9.86 Å². The molecule has 2 heteroatoms. The van der Waals surface area contributed by atoms with Crippen molar-refractivity contribution in [3.05, 3.63) is 12.2 Å². The number of rotatable bonds is 2. The summed E-state index contributed by atoms with van der Waals surface area (Å²) in [7, 11) is 0. The second-order valence-corrected chi connectivity index (χ2v) is 6.43. The molecule has 1 fully saturated rings. The number of hydrogen-bond donors (Lipinski definition) is 0. The molecule has 0 aromatic rings. The highest BCUT2D eigenvalue weighted by atomic mass is 32.2. The van der Waals surface area contributed by atoms with Crippen molar-refractivity contribution in [2.24, 2.45) is 5.92 Å². The van der Waals surface area contributed by atoms with Crippen LogP contribution in [0.4, 0.5) is 0 Å². The van der Waals surface area contributed by atoms with E-state index in [0.717, 1.165) is 12.8 Å². The third-order valence-electron chi connectivity index (χ3n) is 3.13. The Balaban J connectivity index is 2.48. The first-order valence-corrected chi connectivity index (χ1v) is 6.09. The van der Waals surface area contributed by atoms with E-state index in [0.29, 0.717) is 5.92 Å². The minimum Gasteiger partial charge on any atom is -0.288 e. The molecular weight excluding hydrogens is 192 g/mol. The Hall–Kier alpha value is -0.240. The van der Waals surface area contributed by atoms with Gasteiger partial charge in [0.2, 0.25) is 0 Å². The molecule has 0 spiro atoms. The topological polar surface area (TPSA) is 17.1 Å². The van der Waals surface area contributed by atoms with Crippen LogP contribution in [0, 0.1) is 5.92 Å². The second-order valence-electron chi connectivity index (χ2n) is 4.66. The van der Waals surface area contributed by atoms with E-state index in [4.69, 9.17) is 0 Å². The predicted molar refractivity (Wildman–Crippen MR) is 63.4 cm³/mol. The quantitative estimate of drug-likeness (QED) is 0.648. The summed E-state index contributed by atoms with van der Waals surface area (Å²) in [5.74, 6) is 0.690. The first kappa shape index (κ1) is 11.8. The van der Waals surface area contributed by atoms with Crippen LogP contribution in [0.25, 0.3) is 0 Å². The van der Waals surface area contributed by atoms with Gasteiger partial charge < -0.3 is 0 Å². The summed E-state index contributed by atoms with van der Waals surface area (Å²) in [5, 5.41) is 0.251. The molecule has 80 valence electrons. The van der Waals surface area contributed by atoms with Crippen LogP contribution < -0.4 is 0 Å². The maximum absolute atomic E-state index is 11.1. The van der Waals surface area contributed by atoms with Gasteiger partial charge in [0.05, 0.1) is 0 Å². The molecule has 1 saturated carbocycles. The van der Waals surface area contributed by atoms with Crippen LogP contribution in [-0.2, 0) is 4.79 Å². The molecule has 0 bridgehead atoms. The Labute approximate surface area is 91.3 Å². The van der Waals surface area contributed by atoms with Gasteiger partial charge in [-0.1, -0.05) is 23.9 Å². The van der Waals surface area contributed by atoms with Crippen molar-refractivity contribution in [3.63, 3.8) is 0 Å². The minimum atomic E-state index is 0.192. The number of thioether (sulfide) groups is 1. The fraction of sp³-hybridized carbons (Fsp3) is 0.750. The van der Waals surface area contributed by atoms with Gasteiger partial charge in [-0.05, 0) is 45.4 Å². The van der Waals surface area contributed by atoms with Crippen molar-refractivity contribution in [1.29, 1.82) is 0 Å². The molecule has 1 aliphatic carbocycles. The van der Waals surface area contributed by atoms with Gasteiger partial charge in [-0.2, -0.15) is 0 Å². The Morgan fingerprint density at radius 1 is 1.36 bits per heavy atom. The zero-order valence-electron chi connectivity index (χ0n) is 9.43. The SMILES string of the molecule is C=C(C)C1CCC(C)(SC(C)=O)CC1. The monoisotopic (exact) mass is 212 g/mol. The van der Waals surface area contributed by atoms with Crippen LogP contribution in [0.15, 0.2) is 12.2 Å². The van der Waals surface area contributed by atoms with E-state index in [1.165, 1.54) is 30.2 Å². The zero-order valence-corrected chi connectivity index (χ0v) is 10.2. The maximum atomic E-state index is 11.1. The molecule has 0 saturated heterocycles. The van der Waals surface area contributed by atoms with Gasteiger partial charge in [0.25, 0.3) is 0 Å². The van der Waals surface area contributed by atoms with Gasteiger partial charge in [-0.25, -0.2) is 0 Å². The zero-order chi connectivity index (χ0) is 10.8. The summed E-state index contributed by atoms with van der Waals surface area (Å²) in [6.45, 7) is 10.0. The van der Waals surface area contributed by atoms with Gasteiger partial charge in [-0.15, -0.1) is 0 Å². The third-order valence-corrected chi connectivity index (χ3v) is 4.32. The summed E-state index contributed by atoms with van der Waals surface area (Å²) in [5.41, 5.74) is 1.31. The van der Waals surface area contributed by atoms with Crippen LogP contribution in [0.5, 0.6) is 0 Å². The lowest BCUT2D eigenvalue weighted by Crippen LogP contribution is -2.28. The first-order chi connectivity index (χ1) is 6.43. The van der Waals surface area contributed by atoms with Crippen LogP contribution in [0.3, 0.4) is 0 Å². The van der Waals surface area contributed by atoms with Crippen molar-refractivity contribution in [1.82, 2.24) is 0 Å². The number of allylic oxidation sites excluding steroid dienone is 1. The maximum Gasteiger partial charge on any atom is 0.186 e. The molecule has 0 N–H and O–H groups in total. The van der Waals surface area contributed by atoms with Crippen molar-refractivity contribution in [2.75, 3.05) is 0 Å². The Morgan fingerprint density at radius 2 is 1.86 bits per heavy atom. The molecule has 0 aromatic heterocycles. The molecule has 0 amide bonds. The highest BCUT2D eigenvalue weighted by molar-refractivity contribution is 8.14. The Morgan fingerprint density at radius 3 is 2.21 bits per heavy atom. The highest BCUT2D eigenvalue weighted by Gasteiger charge is 2.32. The summed E-state index contributed by atoms with van der Waals surface area (Å²) < 4.78 is 0.192. The molecular formula is C12H20OS. The van der Waals surface area contributed by atoms with Crippen molar-refractivity contribution >= 4 is 16.9 Å². The summed E-state index contributed by atoms with van der Waals surface area (Å²) in [4.78, 5) is 11.1. The Kier molecular flexibility index (Phi) is 3.82. The molecule has 0 aromatic carbocycles. The van der Waals surface area contributed by atoms with Gasteiger partial charge >= 0.3 is 0 Å². The lowest BCUT2D eigenvalue weighted by atomic mass is 9.79. The molecule has 1 rings (SSSR count). The van der Waals surface area contributed by atoms with Gasteiger partial charge in [0.1, 0.15) is 0 Å². The Bertz CT molecular complexity index is 237. The summed E-state index contributed by atoms with van der Waals surface area (Å²) >= 11 is 1.52. The van der Waals surface area contributed by atoms with Crippen molar-refractivity contribution in [2.45, 2.75) is 51.2 Å². The first-order valence-electron chi connectivity index (χ1n) is 5.28. The van der Waals surface area contributed by atoms with E-state index >= 15 is 0 Å². The van der Waals surface area contributed by atoms with Crippen LogP contribution in [0.2, 0.25) is 0 Å². The van der Waals surface area contributed by atoms with E-state index in [1.807, 2.05) is 0 Å². The normalized spacial score (nSPS) is 32.6. The largest absolute Gasteiger partial charge is 0.288 e. The fourth-order valence-corrected chi connectivity index (χ4v) is 3.30.